The average Bonchev–Trinajstić information content (AvgIpc) is 2.37. The van der Waals surface area contributed by atoms with Crippen LogP contribution in [0.1, 0.15) is 17.8 Å². The van der Waals surface area contributed by atoms with Crippen molar-refractivity contribution >= 4 is 18.1 Å². The van der Waals surface area contributed by atoms with Gasteiger partial charge in [0.2, 0.25) is 0 Å². The van der Waals surface area contributed by atoms with Gasteiger partial charge in [-0.2, -0.15) is 0 Å². The molecule has 0 radical (unpaired) electrons. The Morgan fingerprint density at radius 2 is 2.00 bits per heavy atom. The number of hydrogen-bond donors (Lipinski definition) is 2. The van der Waals surface area contributed by atoms with Crippen molar-refractivity contribution in [3.05, 3.63) is 22.9 Å². The maximum Gasteiger partial charge on any atom is 0.585 e. The van der Waals surface area contributed by atoms with Crippen LogP contribution in [-0.4, -0.2) is 16.3 Å². The molecule has 0 unspecified atom stereocenters. The zero-order valence-electron chi connectivity index (χ0n) is 7.96. The average molecular weight is 227 g/mol. The van der Waals surface area contributed by atoms with Crippen LogP contribution in [0, 0.1) is 0 Å². The fourth-order valence-corrected chi connectivity index (χ4v) is 1.68. The van der Waals surface area contributed by atoms with E-state index in [2.05, 4.69) is 19.4 Å². The molecule has 16 heavy (non-hydrogen) atoms. The standard InChI is InChI=1S/C9H7F2N3O2/c10-9(11)15-4-1-5(16-9)3-7-6(2-4)13-8(12)14-7/h2-3H,1H2,(H3,12,13,14). The maximum absolute atomic E-state index is 12.9. The van der Waals surface area contributed by atoms with Gasteiger partial charge in [-0.1, -0.05) is 0 Å². The Hall–Kier alpha value is -2.05. The van der Waals surface area contributed by atoms with Gasteiger partial charge < -0.3 is 20.2 Å². The number of hydrogen-bond acceptors (Lipinski definition) is 4. The third-order valence-electron chi connectivity index (χ3n) is 2.23. The van der Waals surface area contributed by atoms with Gasteiger partial charge in [0.1, 0.15) is 11.5 Å². The SMILES string of the molecule is Nc1nc2c([nH]1)C=C1CC(=C2)OC(F)(F)O1. The molecule has 3 rings (SSSR count). The van der Waals surface area contributed by atoms with E-state index in [1.165, 1.54) is 12.2 Å². The van der Waals surface area contributed by atoms with Crippen LogP contribution in [0.5, 0.6) is 0 Å². The van der Waals surface area contributed by atoms with E-state index in [1.54, 1.807) is 0 Å². The third-order valence-corrected chi connectivity index (χ3v) is 2.23. The van der Waals surface area contributed by atoms with Gasteiger partial charge in [-0.15, -0.1) is 8.78 Å². The van der Waals surface area contributed by atoms with Gasteiger partial charge in [-0.3, -0.25) is 0 Å². The van der Waals surface area contributed by atoms with E-state index in [-0.39, 0.29) is 23.9 Å². The topological polar surface area (TPSA) is 73.2 Å². The smallest absolute Gasteiger partial charge is 0.403 e. The summed E-state index contributed by atoms with van der Waals surface area (Å²) in [7, 11) is 0. The molecule has 84 valence electrons. The fourth-order valence-electron chi connectivity index (χ4n) is 1.68. The number of alkyl halides is 2. The Labute approximate surface area is 88.6 Å². The Balaban J connectivity index is 2.13. The second kappa shape index (κ2) is 2.75. The van der Waals surface area contributed by atoms with Crippen molar-refractivity contribution in [1.29, 1.82) is 0 Å². The highest BCUT2D eigenvalue weighted by Gasteiger charge is 2.42. The Morgan fingerprint density at radius 3 is 2.75 bits per heavy atom. The van der Waals surface area contributed by atoms with E-state index in [0.29, 0.717) is 11.4 Å². The normalized spacial score (nSPS) is 20.9. The first-order valence-electron chi connectivity index (χ1n) is 4.54. The van der Waals surface area contributed by atoms with Crippen LogP contribution in [0.15, 0.2) is 11.5 Å². The summed E-state index contributed by atoms with van der Waals surface area (Å²) in [5, 5.41) is 0. The van der Waals surface area contributed by atoms with Crippen LogP contribution in [0.2, 0.25) is 0 Å². The maximum atomic E-state index is 12.9. The minimum atomic E-state index is -3.62. The lowest BCUT2D eigenvalue weighted by atomic mass is 10.3. The summed E-state index contributed by atoms with van der Waals surface area (Å²) in [6.07, 6.45) is -0.578. The lowest BCUT2D eigenvalue weighted by Crippen LogP contribution is -2.28. The number of fused-ring (bicyclic) bond motifs is 3. The number of nitrogen functional groups attached to an aromatic ring is 1. The van der Waals surface area contributed by atoms with Crippen LogP contribution >= 0.6 is 0 Å². The number of aromatic nitrogens is 2. The largest absolute Gasteiger partial charge is 0.585 e. The summed E-state index contributed by atoms with van der Waals surface area (Å²) in [4.78, 5) is 6.68. The molecule has 0 saturated carbocycles. The van der Waals surface area contributed by atoms with Crippen LogP contribution in [0.4, 0.5) is 14.7 Å². The molecule has 2 heterocycles. The zero-order chi connectivity index (χ0) is 11.3. The van der Waals surface area contributed by atoms with E-state index < -0.39 is 6.29 Å². The zero-order valence-corrected chi connectivity index (χ0v) is 7.96. The Bertz CT molecular complexity index is 477. The summed E-state index contributed by atoms with van der Waals surface area (Å²) in [5.41, 5.74) is 6.45. The van der Waals surface area contributed by atoms with Crippen molar-refractivity contribution < 1.29 is 18.3 Å². The van der Waals surface area contributed by atoms with Crippen molar-refractivity contribution in [2.75, 3.05) is 5.73 Å². The molecule has 1 aromatic heterocycles. The van der Waals surface area contributed by atoms with Gasteiger partial charge >= 0.3 is 6.29 Å². The number of nitrogens with zero attached hydrogens (tertiary/aromatic N) is 1. The first-order chi connectivity index (χ1) is 7.52. The third kappa shape index (κ3) is 1.40. The second-order valence-corrected chi connectivity index (χ2v) is 3.49. The molecule has 0 amide bonds. The number of nitrogens with two attached hydrogens (primary N) is 1. The van der Waals surface area contributed by atoms with E-state index in [0.717, 1.165) is 0 Å². The van der Waals surface area contributed by atoms with Crippen LogP contribution in [0.25, 0.3) is 12.2 Å². The molecule has 7 heteroatoms. The lowest BCUT2D eigenvalue weighted by Gasteiger charge is -2.25. The molecule has 0 aromatic carbocycles. The van der Waals surface area contributed by atoms with E-state index in [9.17, 15) is 8.78 Å². The second-order valence-electron chi connectivity index (χ2n) is 3.49. The first kappa shape index (κ1) is 9.20. The van der Waals surface area contributed by atoms with Crippen molar-refractivity contribution in [3.8, 4) is 0 Å². The Morgan fingerprint density at radius 1 is 1.31 bits per heavy atom. The van der Waals surface area contributed by atoms with Gasteiger partial charge in [0.15, 0.2) is 5.95 Å². The minimum Gasteiger partial charge on any atom is -0.403 e. The monoisotopic (exact) mass is 227 g/mol. The number of H-pyrrole nitrogens is 1. The quantitative estimate of drug-likeness (QED) is 0.707. The van der Waals surface area contributed by atoms with Gasteiger partial charge in [-0.05, 0) is 0 Å². The predicted molar refractivity (Wildman–Crippen MR) is 50.7 cm³/mol. The fraction of sp³-hybridized carbons (Fsp3) is 0.222. The molecule has 2 aliphatic rings. The van der Waals surface area contributed by atoms with Gasteiger partial charge in [-0.25, -0.2) is 4.98 Å². The number of imidazole rings is 1. The lowest BCUT2D eigenvalue weighted by molar-refractivity contribution is -0.374. The van der Waals surface area contributed by atoms with E-state index >= 15 is 0 Å². The summed E-state index contributed by atoms with van der Waals surface area (Å²) in [6, 6.07) is 0. The Kier molecular flexibility index (Phi) is 1.58. The summed E-state index contributed by atoms with van der Waals surface area (Å²) in [5.74, 6) is 0.433. The number of ether oxygens (including phenoxy) is 2. The molecule has 0 atom stereocenters. The molecule has 1 aliphatic carbocycles. The van der Waals surface area contributed by atoms with Gasteiger partial charge in [0, 0.05) is 12.2 Å². The molecular weight excluding hydrogens is 220 g/mol. The first-order valence-corrected chi connectivity index (χ1v) is 4.54. The van der Waals surface area contributed by atoms with Crippen LogP contribution in [0.3, 0.4) is 0 Å². The van der Waals surface area contributed by atoms with Crippen LogP contribution < -0.4 is 5.73 Å². The van der Waals surface area contributed by atoms with Gasteiger partial charge in [0.25, 0.3) is 0 Å². The molecule has 1 aliphatic heterocycles. The highest BCUT2D eigenvalue weighted by atomic mass is 19.3. The minimum absolute atomic E-state index is 0.104. The van der Waals surface area contributed by atoms with Crippen molar-refractivity contribution in [2.24, 2.45) is 0 Å². The molecule has 0 spiro atoms. The number of aromatic amines is 1. The molecule has 1 fully saturated rings. The summed E-state index contributed by atoms with van der Waals surface area (Å²) >= 11 is 0. The highest BCUT2D eigenvalue weighted by molar-refractivity contribution is 5.66. The predicted octanol–water partition coefficient (Wildman–Crippen LogP) is 1.67. The van der Waals surface area contributed by atoms with Crippen molar-refractivity contribution in [1.82, 2.24) is 9.97 Å². The van der Waals surface area contributed by atoms with Crippen LogP contribution in [-0.2, 0) is 9.47 Å². The number of nitrogens with one attached hydrogen (secondary N) is 1. The molecular formula is C9H7F2N3O2. The highest BCUT2D eigenvalue weighted by Crippen LogP contribution is 2.38. The number of halogens is 2. The number of anilines is 1. The van der Waals surface area contributed by atoms with Gasteiger partial charge in [0.05, 0.1) is 17.8 Å². The summed E-state index contributed by atoms with van der Waals surface area (Å²) < 4.78 is 34.6. The molecule has 2 bridgehead atoms. The van der Waals surface area contributed by atoms with E-state index in [4.69, 9.17) is 5.73 Å². The number of rotatable bonds is 0. The van der Waals surface area contributed by atoms with Crippen molar-refractivity contribution in [2.45, 2.75) is 12.7 Å². The van der Waals surface area contributed by atoms with E-state index in [1.807, 2.05) is 0 Å². The molecule has 1 saturated heterocycles. The molecule has 3 N–H and O–H groups in total. The summed E-state index contributed by atoms with van der Waals surface area (Å²) in [6.45, 7) is 0. The molecule has 1 aromatic rings. The molecule has 5 nitrogen and oxygen atoms in total. The van der Waals surface area contributed by atoms with Crippen molar-refractivity contribution in [3.63, 3.8) is 0 Å².